The minimum Gasteiger partial charge on any atom is -0.482 e. The molecule has 2 aromatic rings. The van der Waals surface area contributed by atoms with Crippen LogP contribution in [0.1, 0.15) is 57.6 Å². The molecule has 4 rings (SSSR count). The van der Waals surface area contributed by atoms with Gasteiger partial charge in [-0.1, -0.05) is 36.4 Å². The van der Waals surface area contributed by atoms with E-state index in [0.29, 0.717) is 24.3 Å². The van der Waals surface area contributed by atoms with E-state index in [2.05, 4.69) is 22.8 Å². The Balaban J connectivity index is 1.66. The second-order valence-electron chi connectivity index (χ2n) is 9.43. The highest BCUT2D eigenvalue weighted by molar-refractivity contribution is 5.77. The van der Waals surface area contributed by atoms with Gasteiger partial charge in [-0.2, -0.15) is 0 Å². The molecule has 0 radical (unpaired) electrons. The van der Waals surface area contributed by atoms with Gasteiger partial charge in [0, 0.05) is 35.9 Å². The lowest BCUT2D eigenvalue weighted by molar-refractivity contribution is -0.149. The van der Waals surface area contributed by atoms with Gasteiger partial charge in [-0.05, 0) is 39.3 Å². The lowest BCUT2D eigenvalue weighted by Crippen LogP contribution is -2.69. The molecule has 7 heteroatoms. The van der Waals surface area contributed by atoms with Crippen LogP contribution in [0.25, 0.3) is 0 Å². The molecule has 2 N–H and O–H groups in total. The molecule has 2 aliphatic rings. The highest BCUT2D eigenvalue weighted by Gasteiger charge is 2.49. The SMILES string of the molecule is CC(C)OC(=O)COc1ccc2c(c1)OC1(CC2c2ccccc2)CC(C)(C)NC(=O)N1. The maximum Gasteiger partial charge on any atom is 0.344 e. The van der Waals surface area contributed by atoms with Gasteiger partial charge in [0.15, 0.2) is 12.3 Å². The van der Waals surface area contributed by atoms with Gasteiger partial charge in [0.25, 0.3) is 0 Å². The molecule has 1 fully saturated rings. The van der Waals surface area contributed by atoms with E-state index in [0.717, 1.165) is 11.1 Å². The smallest absolute Gasteiger partial charge is 0.344 e. The fourth-order valence-electron chi connectivity index (χ4n) is 4.63. The van der Waals surface area contributed by atoms with E-state index in [9.17, 15) is 9.59 Å². The molecule has 2 unspecified atom stereocenters. The van der Waals surface area contributed by atoms with Crippen molar-refractivity contribution in [1.82, 2.24) is 10.6 Å². The largest absolute Gasteiger partial charge is 0.482 e. The molecular weight excluding hydrogens is 408 g/mol. The Bertz CT molecular complexity index is 1000. The third-order valence-electron chi connectivity index (χ3n) is 5.65. The van der Waals surface area contributed by atoms with Crippen molar-refractivity contribution in [2.24, 2.45) is 0 Å². The van der Waals surface area contributed by atoms with E-state index in [-0.39, 0.29) is 24.7 Å². The molecule has 2 atom stereocenters. The van der Waals surface area contributed by atoms with Gasteiger partial charge in [0.05, 0.1) is 6.10 Å². The Kier molecular flexibility index (Phi) is 5.75. The van der Waals surface area contributed by atoms with Gasteiger partial charge in [-0.15, -0.1) is 0 Å². The maximum absolute atomic E-state index is 12.5. The number of hydrogen-bond acceptors (Lipinski definition) is 5. The van der Waals surface area contributed by atoms with Crippen LogP contribution in [0.4, 0.5) is 4.79 Å². The number of fused-ring (bicyclic) bond motifs is 1. The van der Waals surface area contributed by atoms with Crippen molar-refractivity contribution in [2.75, 3.05) is 6.61 Å². The van der Waals surface area contributed by atoms with Crippen molar-refractivity contribution in [2.45, 2.75) is 63.8 Å². The summed E-state index contributed by atoms with van der Waals surface area (Å²) in [6.45, 7) is 7.39. The summed E-state index contributed by atoms with van der Waals surface area (Å²) in [5.74, 6) is 0.754. The number of esters is 1. The van der Waals surface area contributed by atoms with Gasteiger partial charge in [-0.3, -0.25) is 0 Å². The fraction of sp³-hybridized carbons (Fsp3) is 0.440. The molecule has 1 spiro atoms. The third kappa shape index (κ3) is 4.82. The average molecular weight is 439 g/mol. The first-order valence-corrected chi connectivity index (χ1v) is 11.0. The van der Waals surface area contributed by atoms with Crippen LogP contribution in [0.5, 0.6) is 11.5 Å². The lowest BCUT2D eigenvalue weighted by Gasteiger charge is -2.49. The van der Waals surface area contributed by atoms with Crippen LogP contribution in [0.3, 0.4) is 0 Å². The molecule has 2 aromatic carbocycles. The van der Waals surface area contributed by atoms with E-state index in [1.165, 1.54) is 0 Å². The molecule has 7 nitrogen and oxygen atoms in total. The summed E-state index contributed by atoms with van der Waals surface area (Å²) in [6, 6.07) is 15.5. The summed E-state index contributed by atoms with van der Waals surface area (Å²) in [6.07, 6.45) is 1.01. The predicted octanol–water partition coefficient (Wildman–Crippen LogP) is 4.11. The summed E-state index contributed by atoms with van der Waals surface area (Å²) in [7, 11) is 0. The number of ether oxygens (including phenoxy) is 3. The summed E-state index contributed by atoms with van der Waals surface area (Å²) in [5.41, 5.74) is 0.894. The lowest BCUT2D eigenvalue weighted by atomic mass is 9.77. The highest BCUT2D eigenvalue weighted by atomic mass is 16.6. The van der Waals surface area contributed by atoms with E-state index >= 15 is 0 Å². The van der Waals surface area contributed by atoms with Gasteiger partial charge >= 0.3 is 12.0 Å². The summed E-state index contributed by atoms with van der Waals surface area (Å²) in [4.78, 5) is 24.3. The normalized spacial score (nSPS) is 23.5. The van der Waals surface area contributed by atoms with Gasteiger partial charge in [0.2, 0.25) is 0 Å². The van der Waals surface area contributed by atoms with E-state index in [4.69, 9.17) is 14.2 Å². The quantitative estimate of drug-likeness (QED) is 0.686. The van der Waals surface area contributed by atoms with Crippen LogP contribution < -0.4 is 20.1 Å². The fourth-order valence-corrected chi connectivity index (χ4v) is 4.63. The number of urea groups is 1. The van der Waals surface area contributed by atoms with Crippen LogP contribution >= 0.6 is 0 Å². The van der Waals surface area contributed by atoms with Crippen molar-refractivity contribution < 1.29 is 23.8 Å². The number of carbonyl (C=O) groups is 2. The molecule has 170 valence electrons. The summed E-state index contributed by atoms with van der Waals surface area (Å²) >= 11 is 0. The van der Waals surface area contributed by atoms with Crippen molar-refractivity contribution in [3.63, 3.8) is 0 Å². The Morgan fingerprint density at radius 2 is 1.91 bits per heavy atom. The molecule has 2 heterocycles. The monoisotopic (exact) mass is 438 g/mol. The van der Waals surface area contributed by atoms with Crippen LogP contribution in [-0.2, 0) is 9.53 Å². The zero-order valence-electron chi connectivity index (χ0n) is 18.9. The van der Waals surface area contributed by atoms with Gasteiger partial charge in [0.1, 0.15) is 11.5 Å². The molecule has 32 heavy (non-hydrogen) atoms. The van der Waals surface area contributed by atoms with Crippen LogP contribution in [0, 0.1) is 0 Å². The molecule has 0 bridgehead atoms. The second kappa shape index (κ2) is 8.37. The Morgan fingerprint density at radius 3 is 2.59 bits per heavy atom. The van der Waals surface area contributed by atoms with Gasteiger partial charge < -0.3 is 24.8 Å². The number of hydrogen-bond donors (Lipinski definition) is 2. The number of carbonyl (C=O) groups excluding carboxylic acids is 2. The van der Waals surface area contributed by atoms with E-state index in [1.54, 1.807) is 19.9 Å². The maximum atomic E-state index is 12.5. The van der Waals surface area contributed by atoms with Crippen molar-refractivity contribution >= 4 is 12.0 Å². The van der Waals surface area contributed by atoms with Crippen LogP contribution in [0.15, 0.2) is 48.5 Å². The standard InChI is InChI=1S/C25H30N2O5/c1-16(2)31-22(28)14-30-18-10-11-19-20(17-8-6-5-7-9-17)13-25(32-21(19)12-18)15-24(3,4)26-23(29)27-25/h5-12,16,20H,13-15H2,1-4H3,(H2,26,27,29). The van der Waals surface area contributed by atoms with Gasteiger partial charge in [-0.25, -0.2) is 9.59 Å². The Hall–Kier alpha value is -3.22. The van der Waals surface area contributed by atoms with Crippen molar-refractivity contribution in [3.8, 4) is 11.5 Å². The zero-order valence-corrected chi connectivity index (χ0v) is 18.9. The zero-order chi connectivity index (χ0) is 22.9. The predicted molar refractivity (Wildman–Crippen MR) is 120 cm³/mol. The Labute approximate surface area is 188 Å². The van der Waals surface area contributed by atoms with Crippen LogP contribution in [0.2, 0.25) is 0 Å². The molecule has 0 aromatic heterocycles. The minimum atomic E-state index is -0.853. The first-order valence-electron chi connectivity index (χ1n) is 11.0. The van der Waals surface area contributed by atoms with Crippen molar-refractivity contribution in [1.29, 1.82) is 0 Å². The van der Waals surface area contributed by atoms with Crippen molar-refractivity contribution in [3.05, 3.63) is 59.7 Å². The van der Waals surface area contributed by atoms with Crippen LogP contribution in [-0.4, -0.2) is 36.0 Å². The van der Waals surface area contributed by atoms with E-state index < -0.39 is 17.2 Å². The number of benzene rings is 2. The van der Waals surface area contributed by atoms with E-state index in [1.807, 2.05) is 44.2 Å². The highest BCUT2D eigenvalue weighted by Crippen LogP contribution is 2.47. The first-order chi connectivity index (χ1) is 15.1. The molecule has 1 saturated heterocycles. The number of nitrogens with one attached hydrogen (secondary N) is 2. The average Bonchev–Trinajstić information content (AvgIpc) is 2.70. The minimum absolute atomic E-state index is 0.0362. The molecule has 2 amide bonds. The molecule has 2 aliphatic heterocycles. The summed E-state index contributed by atoms with van der Waals surface area (Å²) < 4.78 is 17.3. The first kappa shape index (κ1) is 22.0. The molecule has 0 aliphatic carbocycles. The third-order valence-corrected chi connectivity index (χ3v) is 5.65. The Morgan fingerprint density at radius 1 is 1.16 bits per heavy atom. The number of amides is 2. The topological polar surface area (TPSA) is 85.9 Å². The number of rotatable bonds is 5. The molecule has 0 saturated carbocycles. The molecular formula is C25H30N2O5. The second-order valence-corrected chi connectivity index (χ2v) is 9.43. The summed E-state index contributed by atoms with van der Waals surface area (Å²) in [5, 5.41) is 5.99.